The van der Waals surface area contributed by atoms with Gasteiger partial charge in [0.1, 0.15) is 0 Å². The Morgan fingerprint density at radius 2 is 2.13 bits per heavy atom. The van der Waals surface area contributed by atoms with Crippen molar-refractivity contribution in [1.82, 2.24) is 10.3 Å². The molecule has 2 nitrogen and oxygen atoms in total. The fraction of sp³-hybridized carbons (Fsp3) is 0.385. The maximum atomic E-state index is 3.57. The van der Waals surface area contributed by atoms with Gasteiger partial charge in [0.2, 0.25) is 0 Å². The summed E-state index contributed by atoms with van der Waals surface area (Å²) in [5.74, 6) is 0. The van der Waals surface area contributed by atoms with Crippen LogP contribution < -0.4 is 5.32 Å². The first kappa shape index (κ1) is 8.98. The second-order valence-corrected chi connectivity index (χ2v) is 4.36. The third-order valence-corrected chi connectivity index (χ3v) is 3.35. The van der Waals surface area contributed by atoms with Crippen LogP contribution in [0.25, 0.3) is 10.9 Å². The van der Waals surface area contributed by atoms with Gasteiger partial charge in [0.15, 0.2) is 0 Å². The minimum Gasteiger partial charge on any atom is -0.358 e. The Hall–Kier alpha value is -1.28. The average Bonchev–Trinajstić information content (AvgIpc) is 2.82. The number of fused-ring (bicyclic) bond motifs is 1. The molecule has 3 rings (SSSR count). The molecule has 0 saturated carbocycles. The molecule has 0 spiro atoms. The van der Waals surface area contributed by atoms with Crippen molar-refractivity contribution < 1.29 is 0 Å². The summed E-state index contributed by atoms with van der Waals surface area (Å²) in [5.41, 5.74) is 4.05. The smallest absolute Gasteiger partial charge is 0.0459 e. The van der Waals surface area contributed by atoms with Gasteiger partial charge in [-0.25, -0.2) is 0 Å². The van der Waals surface area contributed by atoms with Gasteiger partial charge in [0.05, 0.1) is 0 Å². The lowest BCUT2D eigenvalue weighted by atomic mass is 10.0. The molecule has 1 fully saturated rings. The molecule has 0 aliphatic carbocycles. The molecule has 2 aromatic rings. The highest BCUT2D eigenvalue weighted by molar-refractivity contribution is 5.85. The van der Waals surface area contributed by atoms with Gasteiger partial charge in [0, 0.05) is 22.6 Å². The molecule has 1 atom stereocenters. The van der Waals surface area contributed by atoms with E-state index in [4.69, 9.17) is 0 Å². The molecule has 1 aliphatic rings. The molecule has 1 aromatic carbocycles. The summed E-state index contributed by atoms with van der Waals surface area (Å²) >= 11 is 0. The molecule has 2 heterocycles. The van der Waals surface area contributed by atoms with Gasteiger partial charge in [-0.1, -0.05) is 18.2 Å². The Morgan fingerprint density at radius 3 is 2.93 bits per heavy atom. The summed E-state index contributed by atoms with van der Waals surface area (Å²) in [4.78, 5) is 3.46. The molecule has 2 heteroatoms. The quantitative estimate of drug-likeness (QED) is 0.727. The zero-order valence-electron chi connectivity index (χ0n) is 9.01. The van der Waals surface area contributed by atoms with Gasteiger partial charge >= 0.3 is 0 Å². The summed E-state index contributed by atoms with van der Waals surface area (Å²) < 4.78 is 0. The number of nitrogens with one attached hydrogen (secondary N) is 2. The van der Waals surface area contributed by atoms with Gasteiger partial charge in [-0.05, 0) is 37.9 Å². The number of para-hydroxylation sites is 1. The average molecular weight is 200 g/mol. The van der Waals surface area contributed by atoms with Crippen LogP contribution in [0.3, 0.4) is 0 Å². The van der Waals surface area contributed by atoms with Crippen molar-refractivity contribution >= 4 is 10.9 Å². The van der Waals surface area contributed by atoms with Crippen LogP contribution in [0.5, 0.6) is 0 Å². The van der Waals surface area contributed by atoms with E-state index in [2.05, 4.69) is 41.5 Å². The van der Waals surface area contributed by atoms with Crippen LogP contribution in [-0.4, -0.2) is 11.5 Å². The van der Waals surface area contributed by atoms with Crippen molar-refractivity contribution in [2.45, 2.75) is 25.8 Å². The highest BCUT2D eigenvalue weighted by atomic mass is 14.9. The number of aromatic amines is 1. The first-order chi connectivity index (χ1) is 7.36. The minimum atomic E-state index is 0.557. The van der Waals surface area contributed by atoms with Gasteiger partial charge in [-0.3, -0.25) is 0 Å². The molecular weight excluding hydrogens is 184 g/mol. The maximum Gasteiger partial charge on any atom is 0.0459 e. The van der Waals surface area contributed by atoms with E-state index in [1.54, 1.807) is 0 Å². The van der Waals surface area contributed by atoms with Crippen molar-refractivity contribution in [2.75, 3.05) is 6.54 Å². The van der Waals surface area contributed by atoms with Crippen molar-refractivity contribution in [1.29, 1.82) is 0 Å². The van der Waals surface area contributed by atoms with E-state index in [1.165, 1.54) is 35.0 Å². The number of aromatic nitrogens is 1. The Bertz CT molecular complexity index is 478. The molecule has 1 saturated heterocycles. The standard InChI is InChI=1S/C13H16N2/c1-9-13(12-7-4-8-14-12)10-5-2-3-6-11(10)15-9/h2-3,5-6,12,14-15H,4,7-8H2,1H3. The summed E-state index contributed by atoms with van der Waals surface area (Å²) in [6, 6.07) is 9.13. The Kier molecular flexibility index (Phi) is 2.03. The van der Waals surface area contributed by atoms with E-state index in [0.29, 0.717) is 6.04 Å². The molecule has 2 N–H and O–H groups in total. The maximum absolute atomic E-state index is 3.57. The number of rotatable bonds is 1. The fourth-order valence-electron chi connectivity index (χ4n) is 2.68. The van der Waals surface area contributed by atoms with E-state index in [0.717, 1.165) is 6.54 Å². The SMILES string of the molecule is Cc1[nH]c2ccccc2c1C1CCCN1. The summed E-state index contributed by atoms with van der Waals surface area (Å²) in [6.45, 7) is 3.33. The number of hydrogen-bond donors (Lipinski definition) is 2. The normalized spacial score (nSPS) is 21.3. The molecule has 1 unspecified atom stereocenters. The van der Waals surface area contributed by atoms with E-state index < -0.39 is 0 Å². The second kappa shape index (κ2) is 3.38. The fourth-order valence-corrected chi connectivity index (χ4v) is 2.68. The highest BCUT2D eigenvalue weighted by Crippen LogP contribution is 2.32. The summed E-state index contributed by atoms with van der Waals surface area (Å²) in [6.07, 6.45) is 2.56. The number of H-pyrrole nitrogens is 1. The van der Waals surface area contributed by atoms with Crippen LogP contribution in [0.15, 0.2) is 24.3 Å². The van der Waals surface area contributed by atoms with Crippen molar-refractivity contribution in [2.24, 2.45) is 0 Å². The predicted octanol–water partition coefficient (Wildman–Crippen LogP) is 2.90. The Balaban J connectivity index is 2.19. The van der Waals surface area contributed by atoms with Crippen molar-refractivity contribution in [3.63, 3.8) is 0 Å². The first-order valence-electron chi connectivity index (χ1n) is 5.67. The van der Waals surface area contributed by atoms with E-state index in [-0.39, 0.29) is 0 Å². The zero-order valence-corrected chi connectivity index (χ0v) is 9.01. The molecule has 78 valence electrons. The van der Waals surface area contributed by atoms with Crippen LogP contribution in [0.4, 0.5) is 0 Å². The number of aryl methyl sites for hydroxylation is 1. The third-order valence-electron chi connectivity index (χ3n) is 3.35. The van der Waals surface area contributed by atoms with Crippen molar-refractivity contribution in [3.8, 4) is 0 Å². The van der Waals surface area contributed by atoms with E-state index >= 15 is 0 Å². The van der Waals surface area contributed by atoms with Crippen LogP contribution in [-0.2, 0) is 0 Å². The molecule has 0 bridgehead atoms. The Labute approximate surface area is 89.7 Å². The lowest BCUT2D eigenvalue weighted by Crippen LogP contribution is -2.13. The van der Waals surface area contributed by atoms with Crippen LogP contribution in [0.1, 0.15) is 30.1 Å². The number of benzene rings is 1. The molecule has 15 heavy (non-hydrogen) atoms. The minimum absolute atomic E-state index is 0.557. The summed E-state index contributed by atoms with van der Waals surface area (Å²) in [5, 5.41) is 4.96. The molecule has 0 amide bonds. The summed E-state index contributed by atoms with van der Waals surface area (Å²) in [7, 11) is 0. The third kappa shape index (κ3) is 1.37. The van der Waals surface area contributed by atoms with Gasteiger partial charge in [0.25, 0.3) is 0 Å². The van der Waals surface area contributed by atoms with Gasteiger partial charge < -0.3 is 10.3 Å². The van der Waals surface area contributed by atoms with E-state index in [9.17, 15) is 0 Å². The highest BCUT2D eigenvalue weighted by Gasteiger charge is 2.21. The second-order valence-electron chi connectivity index (χ2n) is 4.36. The van der Waals surface area contributed by atoms with E-state index in [1.807, 2.05) is 0 Å². The molecule has 1 aromatic heterocycles. The van der Waals surface area contributed by atoms with Gasteiger partial charge in [-0.2, -0.15) is 0 Å². The largest absolute Gasteiger partial charge is 0.358 e. The van der Waals surface area contributed by atoms with Crippen LogP contribution >= 0.6 is 0 Å². The zero-order chi connectivity index (χ0) is 10.3. The predicted molar refractivity (Wildman–Crippen MR) is 63.0 cm³/mol. The van der Waals surface area contributed by atoms with Gasteiger partial charge in [-0.15, -0.1) is 0 Å². The Morgan fingerprint density at radius 1 is 1.27 bits per heavy atom. The number of hydrogen-bond acceptors (Lipinski definition) is 1. The van der Waals surface area contributed by atoms with Crippen LogP contribution in [0.2, 0.25) is 0 Å². The van der Waals surface area contributed by atoms with Crippen molar-refractivity contribution in [3.05, 3.63) is 35.5 Å². The molecule has 1 aliphatic heterocycles. The topological polar surface area (TPSA) is 27.8 Å². The molecule has 0 radical (unpaired) electrons. The lowest BCUT2D eigenvalue weighted by molar-refractivity contribution is 0.648. The lowest BCUT2D eigenvalue weighted by Gasteiger charge is -2.10. The first-order valence-corrected chi connectivity index (χ1v) is 5.67. The molecular formula is C13H16N2. The monoisotopic (exact) mass is 200 g/mol. The van der Waals surface area contributed by atoms with Crippen LogP contribution in [0, 0.1) is 6.92 Å².